The molecule has 0 saturated heterocycles. The van der Waals surface area contributed by atoms with Gasteiger partial charge in [0, 0.05) is 24.2 Å². The Kier molecular flexibility index (Phi) is 2.59. The molecule has 2 unspecified atom stereocenters. The lowest BCUT2D eigenvalue weighted by Gasteiger charge is -2.24. The summed E-state index contributed by atoms with van der Waals surface area (Å²) in [5, 5.41) is 4.48. The molecule has 1 aromatic rings. The number of aromatic nitrogens is 2. The lowest BCUT2D eigenvalue weighted by Crippen LogP contribution is -2.23. The van der Waals surface area contributed by atoms with Crippen LogP contribution in [0.1, 0.15) is 43.5 Å². The molecule has 1 aliphatic heterocycles. The van der Waals surface area contributed by atoms with E-state index in [0.717, 1.165) is 18.7 Å². The SMILES string of the molecule is Cc1cc2n(n1)CCCC2CC(C)N. The van der Waals surface area contributed by atoms with Crippen LogP contribution in [0.2, 0.25) is 0 Å². The second kappa shape index (κ2) is 3.73. The van der Waals surface area contributed by atoms with Gasteiger partial charge in [-0.15, -0.1) is 0 Å². The number of aryl methyl sites for hydroxylation is 2. The molecule has 2 atom stereocenters. The molecule has 0 spiro atoms. The zero-order valence-corrected chi connectivity index (χ0v) is 9.03. The molecule has 1 aromatic heterocycles. The average Bonchev–Trinajstić information content (AvgIpc) is 2.45. The van der Waals surface area contributed by atoms with E-state index >= 15 is 0 Å². The Hall–Kier alpha value is -0.830. The van der Waals surface area contributed by atoms with E-state index in [0.29, 0.717) is 12.0 Å². The van der Waals surface area contributed by atoms with Crippen molar-refractivity contribution in [3.63, 3.8) is 0 Å². The Morgan fingerprint density at radius 2 is 2.50 bits per heavy atom. The zero-order chi connectivity index (χ0) is 10.1. The number of nitrogens with zero attached hydrogens (tertiary/aromatic N) is 2. The summed E-state index contributed by atoms with van der Waals surface area (Å²) in [5.41, 5.74) is 8.39. The molecule has 78 valence electrons. The smallest absolute Gasteiger partial charge is 0.0596 e. The van der Waals surface area contributed by atoms with Crippen LogP contribution in [-0.2, 0) is 6.54 Å². The highest BCUT2D eigenvalue weighted by Gasteiger charge is 2.22. The lowest BCUT2D eigenvalue weighted by atomic mass is 9.90. The number of hydrogen-bond acceptors (Lipinski definition) is 2. The van der Waals surface area contributed by atoms with Gasteiger partial charge in [-0.3, -0.25) is 4.68 Å². The minimum Gasteiger partial charge on any atom is -0.328 e. The first kappa shape index (κ1) is 9.71. The van der Waals surface area contributed by atoms with Crippen molar-refractivity contribution in [2.24, 2.45) is 5.73 Å². The van der Waals surface area contributed by atoms with E-state index in [1.807, 2.05) is 0 Å². The van der Waals surface area contributed by atoms with Crippen molar-refractivity contribution in [2.45, 2.75) is 51.6 Å². The summed E-state index contributed by atoms with van der Waals surface area (Å²) < 4.78 is 2.16. The maximum atomic E-state index is 5.86. The maximum absolute atomic E-state index is 5.86. The van der Waals surface area contributed by atoms with E-state index < -0.39 is 0 Å². The largest absolute Gasteiger partial charge is 0.328 e. The van der Waals surface area contributed by atoms with Crippen LogP contribution in [0.4, 0.5) is 0 Å². The molecule has 0 bridgehead atoms. The predicted molar refractivity (Wildman–Crippen MR) is 57.2 cm³/mol. The summed E-state index contributed by atoms with van der Waals surface area (Å²) in [6, 6.07) is 2.51. The summed E-state index contributed by atoms with van der Waals surface area (Å²) in [6.45, 7) is 5.23. The third-order valence-electron chi connectivity index (χ3n) is 2.93. The highest BCUT2D eigenvalue weighted by Crippen LogP contribution is 2.30. The summed E-state index contributed by atoms with van der Waals surface area (Å²) in [4.78, 5) is 0. The van der Waals surface area contributed by atoms with E-state index in [1.165, 1.54) is 18.5 Å². The molecule has 0 amide bonds. The van der Waals surface area contributed by atoms with Crippen LogP contribution in [0, 0.1) is 6.92 Å². The van der Waals surface area contributed by atoms with E-state index in [-0.39, 0.29) is 0 Å². The van der Waals surface area contributed by atoms with Crippen LogP contribution in [0.25, 0.3) is 0 Å². The van der Waals surface area contributed by atoms with Crippen LogP contribution < -0.4 is 5.73 Å². The number of nitrogens with two attached hydrogens (primary N) is 1. The molecule has 0 aromatic carbocycles. The van der Waals surface area contributed by atoms with Gasteiger partial charge in [-0.2, -0.15) is 5.10 Å². The first-order valence-electron chi connectivity index (χ1n) is 5.46. The van der Waals surface area contributed by atoms with Crippen molar-refractivity contribution in [1.82, 2.24) is 9.78 Å². The number of rotatable bonds is 2. The van der Waals surface area contributed by atoms with Gasteiger partial charge in [0.1, 0.15) is 0 Å². The predicted octanol–water partition coefficient (Wildman–Crippen LogP) is 1.81. The van der Waals surface area contributed by atoms with Crippen LogP contribution in [0.5, 0.6) is 0 Å². The highest BCUT2D eigenvalue weighted by atomic mass is 15.3. The van der Waals surface area contributed by atoms with E-state index in [4.69, 9.17) is 5.73 Å². The van der Waals surface area contributed by atoms with E-state index in [9.17, 15) is 0 Å². The molecule has 14 heavy (non-hydrogen) atoms. The van der Waals surface area contributed by atoms with Gasteiger partial charge in [0.2, 0.25) is 0 Å². The van der Waals surface area contributed by atoms with Crippen LogP contribution in [0.15, 0.2) is 6.07 Å². The molecule has 2 heterocycles. The summed E-state index contributed by atoms with van der Waals surface area (Å²) >= 11 is 0. The fourth-order valence-electron chi connectivity index (χ4n) is 2.40. The molecule has 0 aliphatic carbocycles. The number of fused-ring (bicyclic) bond motifs is 1. The van der Waals surface area contributed by atoms with Crippen molar-refractivity contribution in [1.29, 1.82) is 0 Å². The van der Waals surface area contributed by atoms with Gasteiger partial charge in [0.15, 0.2) is 0 Å². The Morgan fingerprint density at radius 1 is 1.71 bits per heavy atom. The van der Waals surface area contributed by atoms with Gasteiger partial charge < -0.3 is 5.73 Å². The zero-order valence-electron chi connectivity index (χ0n) is 9.03. The van der Waals surface area contributed by atoms with Crippen molar-refractivity contribution in [2.75, 3.05) is 0 Å². The van der Waals surface area contributed by atoms with Crippen molar-refractivity contribution < 1.29 is 0 Å². The average molecular weight is 193 g/mol. The Balaban J connectivity index is 2.21. The molecule has 1 aliphatic rings. The number of hydrogen-bond donors (Lipinski definition) is 1. The molecular weight excluding hydrogens is 174 g/mol. The minimum absolute atomic E-state index is 0.293. The maximum Gasteiger partial charge on any atom is 0.0596 e. The third-order valence-corrected chi connectivity index (χ3v) is 2.93. The third kappa shape index (κ3) is 1.82. The van der Waals surface area contributed by atoms with E-state index in [1.54, 1.807) is 0 Å². The van der Waals surface area contributed by atoms with Crippen molar-refractivity contribution in [3.8, 4) is 0 Å². The Labute approximate surface area is 85.3 Å². The topological polar surface area (TPSA) is 43.8 Å². The van der Waals surface area contributed by atoms with Gasteiger partial charge in [-0.05, 0) is 39.2 Å². The van der Waals surface area contributed by atoms with Crippen LogP contribution in [0.3, 0.4) is 0 Å². The molecule has 0 saturated carbocycles. The highest BCUT2D eigenvalue weighted by molar-refractivity contribution is 5.15. The van der Waals surface area contributed by atoms with Gasteiger partial charge in [-0.1, -0.05) is 0 Å². The molecular formula is C11H19N3. The fraction of sp³-hybridized carbons (Fsp3) is 0.727. The minimum atomic E-state index is 0.293. The molecule has 2 rings (SSSR count). The van der Waals surface area contributed by atoms with Crippen LogP contribution in [-0.4, -0.2) is 15.8 Å². The van der Waals surface area contributed by atoms with Gasteiger partial charge in [-0.25, -0.2) is 0 Å². The molecule has 3 heteroatoms. The molecule has 0 radical (unpaired) electrons. The first-order valence-corrected chi connectivity index (χ1v) is 5.46. The van der Waals surface area contributed by atoms with Crippen molar-refractivity contribution in [3.05, 3.63) is 17.5 Å². The second-order valence-electron chi connectivity index (χ2n) is 4.49. The Morgan fingerprint density at radius 3 is 3.21 bits per heavy atom. The molecule has 2 N–H and O–H groups in total. The summed E-state index contributed by atoms with van der Waals surface area (Å²) in [7, 11) is 0. The second-order valence-corrected chi connectivity index (χ2v) is 4.49. The Bertz CT molecular complexity index is 314. The van der Waals surface area contributed by atoms with Gasteiger partial charge >= 0.3 is 0 Å². The normalized spacial score (nSPS) is 23.2. The van der Waals surface area contributed by atoms with E-state index in [2.05, 4.69) is 29.7 Å². The quantitative estimate of drug-likeness (QED) is 0.778. The van der Waals surface area contributed by atoms with Gasteiger partial charge in [0.05, 0.1) is 5.69 Å². The monoisotopic (exact) mass is 193 g/mol. The lowest BCUT2D eigenvalue weighted by molar-refractivity contribution is 0.393. The standard InChI is InChI=1S/C11H19N3/c1-8(12)6-10-4-3-5-14-11(10)7-9(2)13-14/h7-8,10H,3-6,12H2,1-2H3. The summed E-state index contributed by atoms with van der Waals surface area (Å²) in [6.07, 6.45) is 3.60. The van der Waals surface area contributed by atoms with Crippen LogP contribution >= 0.6 is 0 Å². The van der Waals surface area contributed by atoms with Gasteiger partial charge in [0.25, 0.3) is 0 Å². The fourth-order valence-corrected chi connectivity index (χ4v) is 2.40. The molecule has 3 nitrogen and oxygen atoms in total. The molecule has 0 fully saturated rings. The van der Waals surface area contributed by atoms with Crippen molar-refractivity contribution >= 4 is 0 Å². The first-order chi connectivity index (χ1) is 6.66. The summed E-state index contributed by atoms with van der Waals surface area (Å²) in [5.74, 6) is 0.630.